The van der Waals surface area contributed by atoms with Crippen LogP contribution >= 0.6 is 22.6 Å². The summed E-state index contributed by atoms with van der Waals surface area (Å²) < 4.78 is 0.0996. The molecular formula is C10H19IN2. The van der Waals surface area contributed by atoms with Crippen LogP contribution in [0.4, 0.5) is 0 Å². The Hall–Kier alpha value is 0.650. The molecule has 13 heavy (non-hydrogen) atoms. The van der Waals surface area contributed by atoms with Crippen LogP contribution in [-0.4, -0.2) is 27.1 Å². The van der Waals surface area contributed by atoms with E-state index in [4.69, 9.17) is 5.73 Å². The van der Waals surface area contributed by atoms with E-state index in [0.29, 0.717) is 5.54 Å². The summed E-state index contributed by atoms with van der Waals surface area (Å²) in [6.45, 7) is 9.35. The van der Waals surface area contributed by atoms with Crippen LogP contribution in [0.15, 0.2) is 0 Å². The molecule has 3 atom stereocenters. The maximum atomic E-state index is 6.17. The first kappa shape index (κ1) is 10.2. The number of fused-ring (bicyclic) bond motifs is 1. The minimum atomic E-state index is 0.0996. The number of nitrogens with zero attached hydrogens (tertiary/aromatic N) is 1. The van der Waals surface area contributed by atoms with Gasteiger partial charge >= 0.3 is 0 Å². The molecule has 76 valence electrons. The molecule has 2 aliphatic rings. The molecule has 0 amide bonds. The largest absolute Gasteiger partial charge is 0.317 e. The minimum absolute atomic E-state index is 0.0996. The van der Waals surface area contributed by atoms with Crippen molar-refractivity contribution in [3.63, 3.8) is 0 Å². The Morgan fingerprint density at radius 2 is 2.00 bits per heavy atom. The molecule has 2 nitrogen and oxygen atoms in total. The third kappa shape index (κ3) is 1.63. The van der Waals surface area contributed by atoms with Crippen molar-refractivity contribution in [2.24, 2.45) is 17.6 Å². The van der Waals surface area contributed by atoms with Gasteiger partial charge in [0.25, 0.3) is 0 Å². The first-order chi connectivity index (χ1) is 5.81. The van der Waals surface area contributed by atoms with E-state index in [0.717, 1.165) is 11.8 Å². The molecule has 1 heterocycles. The van der Waals surface area contributed by atoms with E-state index in [2.05, 4.69) is 48.3 Å². The molecule has 1 aliphatic heterocycles. The average molecular weight is 294 g/mol. The van der Waals surface area contributed by atoms with E-state index in [1.165, 1.54) is 19.5 Å². The number of alkyl halides is 1. The van der Waals surface area contributed by atoms with Crippen molar-refractivity contribution in [3.05, 3.63) is 0 Å². The van der Waals surface area contributed by atoms with Gasteiger partial charge in [0.2, 0.25) is 0 Å². The summed E-state index contributed by atoms with van der Waals surface area (Å²) in [5.74, 6) is 1.62. The van der Waals surface area contributed by atoms with E-state index in [-0.39, 0.29) is 3.55 Å². The summed E-state index contributed by atoms with van der Waals surface area (Å²) in [5, 5.41) is 0. The molecule has 0 radical (unpaired) electrons. The first-order valence-electron chi connectivity index (χ1n) is 5.03. The molecule has 0 bridgehead atoms. The Morgan fingerprint density at radius 1 is 1.38 bits per heavy atom. The predicted octanol–water partition coefficient (Wildman–Crippen LogP) is 1.83. The van der Waals surface area contributed by atoms with Gasteiger partial charge in [0.1, 0.15) is 0 Å². The summed E-state index contributed by atoms with van der Waals surface area (Å²) in [5.41, 5.74) is 6.50. The van der Waals surface area contributed by atoms with Crippen molar-refractivity contribution in [1.82, 2.24) is 4.90 Å². The second-order valence-corrected chi connectivity index (χ2v) is 7.58. The van der Waals surface area contributed by atoms with Gasteiger partial charge in [-0.1, -0.05) is 22.6 Å². The molecule has 0 aromatic carbocycles. The lowest BCUT2D eigenvalue weighted by Gasteiger charge is -2.45. The van der Waals surface area contributed by atoms with Gasteiger partial charge in [0.05, 0.1) is 3.55 Å². The fourth-order valence-corrected chi connectivity index (χ4v) is 3.83. The van der Waals surface area contributed by atoms with Gasteiger partial charge in [-0.25, -0.2) is 0 Å². The molecule has 2 fully saturated rings. The smallest absolute Gasteiger partial charge is 0.0727 e. The maximum absolute atomic E-state index is 6.17. The summed E-state index contributed by atoms with van der Waals surface area (Å²) >= 11 is 2.43. The second kappa shape index (κ2) is 2.83. The van der Waals surface area contributed by atoms with Crippen molar-refractivity contribution < 1.29 is 0 Å². The molecule has 1 saturated carbocycles. The van der Waals surface area contributed by atoms with Gasteiger partial charge in [-0.05, 0) is 33.1 Å². The van der Waals surface area contributed by atoms with Crippen LogP contribution in [0.5, 0.6) is 0 Å². The lowest BCUT2D eigenvalue weighted by molar-refractivity contribution is 0.167. The van der Waals surface area contributed by atoms with Crippen LogP contribution in [-0.2, 0) is 0 Å². The van der Waals surface area contributed by atoms with Crippen LogP contribution in [0, 0.1) is 11.8 Å². The monoisotopic (exact) mass is 294 g/mol. The maximum Gasteiger partial charge on any atom is 0.0727 e. The SMILES string of the molecule is CC(C)(C)N1CC2CC(N)(I)C2C1. The lowest BCUT2D eigenvalue weighted by atomic mass is 9.72. The molecule has 0 aromatic heterocycles. The van der Waals surface area contributed by atoms with E-state index >= 15 is 0 Å². The molecule has 1 saturated heterocycles. The molecular weight excluding hydrogens is 275 g/mol. The van der Waals surface area contributed by atoms with E-state index in [1.807, 2.05) is 0 Å². The average Bonchev–Trinajstić information content (AvgIpc) is 2.26. The first-order valence-corrected chi connectivity index (χ1v) is 6.11. The molecule has 3 heteroatoms. The Kier molecular flexibility index (Phi) is 2.21. The highest BCUT2D eigenvalue weighted by atomic mass is 127. The van der Waals surface area contributed by atoms with E-state index in [1.54, 1.807) is 0 Å². The van der Waals surface area contributed by atoms with Gasteiger partial charge in [-0.15, -0.1) is 0 Å². The van der Waals surface area contributed by atoms with Crippen LogP contribution in [0.25, 0.3) is 0 Å². The zero-order valence-corrected chi connectivity index (χ0v) is 10.8. The molecule has 0 aromatic rings. The van der Waals surface area contributed by atoms with Gasteiger partial charge in [-0.3, -0.25) is 4.90 Å². The van der Waals surface area contributed by atoms with Crippen LogP contribution < -0.4 is 5.73 Å². The Bertz CT molecular complexity index is 219. The van der Waals surface area contributed by atoms with E-state index < -0.39 is 0 Å². The summed E-state index contributed by atoms with van der Waals surface area (Å²) in [7, 11) is 0. The van der Waals surface area contributed by atoms with Gasteiger partial charge < -0.3 is 5.73 Å². The van der Waals surface area contributed by atoms with Gasteiger partial charge in [-0.2, -0.15) is 0 Å². The van der Waals surface area contributed by atoms with Crippen molar-refractivity contribution in [2.45, 2.75) is 36.3 Å². The van der Waals surface area contributed by atoms with Crippen molar-refractivity contribution in [2.75, 3.05) is 13.1 Å². The number of hydrogen-bond donors (Lipinski definition) is 1. The third-order valence-electron chi connectivity index (χ3n) is 3.58. The minimum Gasteiger partial charge on any atom is -0.317 e. The van der Waals surface area contributed by atoms with Crippen LogP contribution in [0.3, 0.4) is 0 Å². The zero-order valence-electron chi connectivity index (χ0n) is 8.68. The van der Waals surface area contributed by atoms with Crippen LogP contribution in [0.1, 0.15) is 27.2 Å². The van der Waals surface area contributed by atoms with Crippen molar-refractivity contribution in [1.29, 1.82) is 0 Å². The quantitative estimate of drug-likeness (QED) is 0.419. The fourth-order valence-electron chi connectivity index (χ4n) is 2.56. The molecule has 0 spiro atoms. The number of halogens is 1. The molecule has 3 unspecified atom stereocenters. The number of nitrogens with two attached hydrogens (primary N) is 1. The number of likely N-dealkylation sites (tertiary alicyclic amines) is 1. The lowest BCUT2D eigenvalue weighted by Crippen LogP contribution is -2.55. The Morgan fingerprint density at radius 3 is 2.38 bits per heavy atom. The highest BCUT2D eigenvalue weighted by Crippen LogP contribution is 2.51. The number of hydrogen-bond acceptors (Lipinski definition) is 2. The molecule has 1 aliphatic carbocycles. The zero-order chi connectivity index (χ0) is 9.85. The predicted molar refractivity (Wildman–Crippen MR) is 63.9 cm³/mol. The van der Waals surface area contributed by atoms with E-state index in [9.17, 15) is 0 Å². The van der Waals surface area contributed by atoms with Gasteiger partial charge in [0, 0.05) is 24.5 Å². The fraction of sp³-hybridized carbons (Fsp3) is 1.00. The summed E-state index contributed by atoms with van der Waals surface area (Å²) in [6, 6.07) is 0. The highest BCUT2D eigenvalue weighted by Gasteiger charge is 2.55. The molecule has 2 rings (SSSR count). The Balaban J connectivity index is 2.03. The standard InChI is InChI=1S/C10H19IN2/c1-9(2,3)13-5-7-4-10(11,12)8(7)6-13/h7-8H,4-6,12H2,1-3H3. The summed E-state index contributed by atoms with van der Waals surface area (Å²) in [6.07, 6.45) is 1.21. The third-order valence-corrected chi connectivity index (χ3v) is 4.82. The Labute approximate surface area is 94.4 Å². The number of rotatable bonds is 0. The normalized spacial score (nSPS) is 45.9. The molecule has 2 N–H and O–H groups in total. The second-order valence-electron chi connectivity index (χ2n) is 5.57. The topological polar surface area (TPSA) is 29.3 Å². The summed E-state index contributed by atoms with van der Waals surface area (Å²) in [4.78, 5) is 2.58. The van der Waals surface area contributed by atoms with Crippen molar-refractivity contribution in [3.8, 4) is 0 Å². The van der Waals surface area contributed by atoms with Gasteiger partial charge in [0.15, 0.2) is 0 Å². The highest BCUT2D eigenvalue weighted by molar-refractivity contribution is 14.1. The van der Waals surface area contributed by atoms with Crippen LogP contribution in [0.2, 0.25) is 0 Å². The van der Waals surface area contributed by atoms with Crippen molar-refractivity contribution >= 4 is 22.6 Å².